The Morgan fingerprint density at radius 1 is 1.42 bits per heavy atom. The summed E-state index contributed by atoms with van der Waals surface area (Å²) in [6.07, 6.45) is 0.886. The lowest BCUT2D eigenvalue weighted by molar-refractivity contribution is 0.0778. The number of ether oxygens (including phenoxy) is 1. The van der Waals surface area contributed by atoms with Crippen LogP contribution in [0.2, 0.25) is 0 Å². The summed E-state index contributed by atoms with van der Waals surface area (Å²) in [6.45, 7) is 4.16. The molecule has 0 bridgehead atoms. The van der Waals surface area contributed by atoms with Crippen molar-refractivity contribution in [3.05, 3.63) is 46.3 Å². The normalized spacial score (nSPS) is 13.0. The molecule has 0 saturated carbocycles. The average Bonchev–Trinajstić information content (AvgIpc) is 2.98. The van der Waals surface area contributed by atoms with E-state index in [4.69, 9.17) is 4.74 Å². The van der Waals surface area contributed by atoms with Gasteiger partial charge in [0.15, 0.2) is 5.69 Å². The van der Waals surface area contributed by atoms with Crippen molar-refractivity contribution in [3.63, 3.8) is 0 Å². The van der Waals surface area contributed by atoms with Crippen LogP contribution in [-0.4, -0.2) is 41.7 Å². The van der Waals surface area contributed by atoms with Crippen LogP contribution in [0.3, 0.4) is 0 Å². The molecule has 130 valence electrons. The number of nitrogens with zero attached hydrogens (tertiary/aromatic N) is 2. The summed E-state index contributed by atoms with van der Waals surface area (Å²) in [6, 6.07) is 5.96. The number of hydrogen-bond acceptors (Lipinski definition) is 4. The van der Waals surface area contributed by atoms with E-state index < -0.39 is 0 Å². The van der Waals surface area contributed by atoms with E-state index in [0.29, 0.717) is 18.8 Å². The minimum absolute atomic E-state index is 0. The molecular weight excluding hydrogens is 328 g/mol. The highest BCUT2D eigenvalue weighted by Gasteiger charge is 2.24. The van der Waals surface area contributed by atoms with E-state index >= 15 is 0 Å². The molecule has 24 heavy (non-hydrogen) atoms. The Morgan fingerprint density at radius 3 is 2.92 bits per heavy atom. The van der Waals surface area contributed by atoms with Crippen LogP contribution in [0.5, 0.6) is 5.75 Å². The average molecular weight is 351 g/mol. The fourth-order valence-corrected chi connectivity index (χ4v) is 2.97. The molecule has 0 fully saturated rings. The Bertz CT molecular complexity index is 729. The van der Waals surface area contributed by atoms with Crippen molar-refractivity contribution in [2.75, 3.05) is 20.7 Å². The molecule has 7 heteroatoms. The molecule has 2 heterocycles. The third kappa shape index (κ3) is 3.55. The van der Waals surface area contributed by atoms with Gasteiger partial charge in [-0.1, -0.05) is 12.1 Å². The number of hydrogen-bond donors (Lipinski definition) is 2. The zero-order chi connectivity index (χ0) is 16.4. The zero-order valence-electron chi connectivity index (χ0n) is 14.2. The van der Waals surface area contributed by atoms with E-state index in [-0.39, 0.29) is 18.3 Å². The van der Waals surface area contributed by atoms with Crippen LogP contribution in [0.1, 0.15) is 32.9 Å². The van der Waals surface area contributed by atoms with Crippen molar-refractivity contribution in [3.8, 4) is 5.75 Å². The lowest BCUT2D eigenvalue weighted by atomic mass is 10.1. The number of aromatic nitrogens is 2. The van der Waals surface area contributed by atoms with E-state index in [2.05, 4.69) is 15.5 Å². The first-order valence-electron chi connectivity index (χ1n) is 7.76. The van der Waals surface area contributed by atoms with Crippen LogP contribution in [0, 0.1) is 6.92 Å². The predicted molar refractivity (Wildman–Crippen MR) is 94.8 cm³/mol. The van der Waals surface area contributed by atoms with Crippen LogP contribution in [-0.2, 0) is 19.5 Å². The number of aryl methyl sites for hydroxylation is 1. The van der Waals surface area contributed by atoms with Crippen molar-refractivity contribution in [2.24, 2.45) is 0 Å². The van der Waals surface area contributed by atoms with Crippen LogP contribution < -0.4 is 10.1 Å². The highest BCUT2D eigenvalue weighted by molar-refractivity contribution is 5.93. The third-order valence-corrected chi connectivity index (χ3v) is 4.23. The number of amides is 1. The Hall–Kier alpha value is -2.05. The molecule has 0 radical (unpaired) electrons. The van der Waals surface area contributed by atoms with Crippen molar-refractivity contribution in [1.82, 2.24) is 20.4 Å². The molecule has 1 aromatic carbocycles. The standard InChI is InChI=1S/C17H22N4O2.ClH/c1-11-8-12(4-5-15(11)23-3)10-21(2)17(22)16-13-9-18-7-6-14(13)19-20-16;/h4-5,8,18H,6-7,9-10H2,1-3H3,(H,19,20);1H. The molecule has 0 saturated heterocycles. The molecule has 6 nitrogen and oxygen atoms in total. The van der Waals surface area contributed by atoms with Crippen molar-refractivity contribution < 1.29 is 9.53 Å². The summed E-state index contributed by atoms with van der Waals surface area (Å²) in [7, 11) is 3.46. The number of H-pyrrole nitrogens is 1. The van der Waals surface area contributed by atoms with Crippen LogP contribution in [0.15, 0.2) is 18.2 Å². The van der Waals surface area contributed by atoms with Crippen LogP contribution >= 0.6 is 12.4 Å². The molecule has 2 N–H and O–H groups in total. The lowest BCUT2D eigenvalue weighted by Crippen LogP contribution is -2.30. The highest BCUT2D eigenvalue weighted by atomic mass is 35.5. The maximum Gasteiger partial charge on any atom is 0.274 e. The second kappa shape index (κ2) is 7.68. The SMILES string of the molecule is COc1ccc(CN(C)C(=O)c2n[nH]c3c2CNCC3)cc1C.Cl. The fraction of sp³-hybridized carbons (Fsp3) is 0.412. The first-order valence-corrected chi connectivity index (χ1v) is 7.76. The Morgan fingerprint density at radius 2 is 2.21 bits per heavy atom. The Balaban J connectivity index is 0.00000208. The van der Waals surface area contributed by atoms with Gasteiger partial charge in [-0.25, -0.2) is 0 Å². The number of nitrogens with one attached hydrogen (secondary N) is 2. The molecule has 1 aromatic heterocycles. The smallest absolute Gasteiger partial charge is 0.274 e. The molecule has 0 unspecified atom stereocenters. The largest absolute Gasteiger partial charge is 0.496 e. The second-order valence-corrected chi connectivity index (χ2v) is 5.92. The summed E-state index contributed by atoms with van der Waals surface area (Å²) < 4.78 is 5.27. The van der Waals surface area contributed by atoms with Gasteiger partial charge in [0, 0.05) is 44.4 Å². The summed E-state index contributed by atoms with van der Waals surface area (Å²) in [5.74, 6) is 0.801. The van der Waals surface area contributed by atoms with Gasteiger partial charge in [0.1, 0.15) is 5.75 Å². The van der Waals surface area contributed by atoms with E-state index in [9.17, 15) is 4.79 Å². The first kappa shape index (κ1) is 18.3. The van der Waals surface area contributed by atoms with Crippen molar-refractivity contribution in [1.29, 1.82) is 0 Å². The number of halogens is 1. The lowest BCUT2D eigenvalue weighted by Gasteiger charge is -2.19. The molecule has 1 aliphatic heterocycles. The molecule has 0 spiro atoms. The van der Waals surface area contributed by atoms with Gasteiger partial charge in [-0.3, -0.25) is 9.89 Å². The summed E-state index contributed by atoms with van der Waals surface area (Å²) in [5.41, 5.74) is 4.73. The van der Waals surface area contributed by atoms with E-state index in [1.165, 1.54) is 0 Å². The number of fused-ring (bicyclic) bond motifs is 1. The van der Waals surface area contributed by atoms with Gasteiger partial charge in [0.2, 0.25) is 0 Å². The molecule has 1 aliphatic rings. The number of methoxy groups -OCH3 is 1. The predicted octanol–water partition coefficient (Wildman–Crippen LogP) is 2.07. The second-order valence-electron chi connectivity index (χ2n) is 5.92. The minimum Gasteiger partial charge on any atom is -0.496 e. The quantitative estimate of drug-likeness (QED) is 0.885. The summed E-state index contributed by atoms with van der Waals surface area (Å²) in [4.78, 5) is 14.4. The van der Waals surface area contributed by atoms with Crippen LogP contribution in [0.25, 0.3) is 0 Å². The summed E-state index contributed by atoms with van der Waals surface area (Å²) in [5, 5.41) is 10.5. The van der Waals surface area contributed by atoms with E-state index in [0.717, 1.165) is 41.1 Å². The number of rotatable bonds is 4. The van der Waals surface area contributed by atoms with Gasteiger partial charge in [0.05, 0.1) is 7.11 Å². The molecule has 0 atom stereocenters. The van der Waals surface area contributed by atoms with Crippen molar-refractivity contribution in [2.45, 2.75) is 26.4 Å². The topological polar surface area (TPSA) is 70.2 Å². The van der Waals surface area contributed by atoms with Gasteiger partial charge in [-0.15, -0.1) is 12.4 Å². The van der Waals surface area contributed by atoms with Gasteiger partial charge < -0.3 is 15.0 Å². The maximum atomic E-state index is 12.7. The van der Waals surface area contributed by atoms with Crippen LogP contribution in [0.4, 0.5) is 0 Å². The molecule has 3 rings (SSSR count). The van der Waals surface area contributed by atoms with Gasteiger partial charge >= 0.3 is 0 Å². The van der Waals surface area contributed by atoms with E-state index in [1.54, 1.807) is 19.1 Å². The minimum atomic E-state index is -0.0559. The van der Waals surface area contributed by atoms with Gasteiger partial charge in [0.25, 0.3) is 5.91 Å². The monoisotopic (exact) mass is 350 g/mol. The third-order valence-electron chi connectivity index (χ3n) is 4.23. The first-order chi connectivity index (χ1) is 11.1. The molecule has 1 amide bonds. The molecule has 0 aliphatic carbocycles. The van der Waals surface area contributed by atoms with E-state index in [1.807, 2.05) is 25.1 Å². The molecular formula is C17H23ClN4O2. The summed E-state index contributed by atoms with van der Waals surface area (Å²) >= 11 is 0. The fourth-order valence-electron chi connectivity index (χ4n) is 2.97. The number of carbonyl (C=O) groups is 1. The number of carbonyl (C=O) groups excluding carboxylic acids is 1. The Kier molecular flexibility index (Phi) is 5.85. The van der Waals surface area contributed by atoms with Gasteiger partial charge in [-0.05, 0) is 24.1 Å². The maximum absolute atomic E-state index is 12.7. The van der Waals surface area contributed by atoms with Crippen molar-refractivity contribution >= 4 is 18.3 Å². The Labute approximate surface area is 148 Å². The number of benzene rings is 1. The molecule has 2 aromatic rings. The number of aromatic amines is 1. The zero-order valence-corrected chi connectivity index (χ0v) is 15.0. The van der Waals surface area contributed by atoms with Gasteiger partial charge in [-0.2, -0.15) is 5.10 Å². The highest BCUT2D eigenvalue weighted by Crippen LogP contribution is 2.21.